The lowest BCUT2D eigenvalue weighted by molar-refractivity contribution is -0.174. The molecule has 0 bridgehead atoms. The van der Waals surface area contributed by atoms with Gasteiger partial charge >= 0.3 is 5.97 Å². The minimum atomic E-state index is -0.867. The van der Waals surface area contributed by atoms with Crippen LogP contribution in [0.25, 0.3) is 0 Å². The molecule has 12 atom stereocenters. The van der Waals surface area contributed by atoms with Gasteiger partial charge in [0.15, 0.2) is 0 Å². The quantitative estimate of drug-likeness (QED) is 0.326. The zero-order chi connectivity index (χ0) is 27.1. The third-order valence-electron chi connectivity index (χ3n) is 12.3. The third kappa shape index (κ3) is 5.48. The summed E-state index contributed by atoms with van der Waals surface area (Å²) < 4.78 is 0. The summed E-state index contributed by atoms with van der Waals surface area (Å²) in [6.45, 7) is 11.3. The Balaban J connectivity index is 1.39. The number of nitrogens with one attached hydrogen (secondary N) is 1. The lowest BCUT2D eigenvalue weighted by atomic mass is 9.43. The van der Waals surface area contributed by atoms with E-state index >= 15 is 0 Å². The monoisotopic (exact) mass is 519 g/mol. The van der Waals surface area contributed by atoms with Gasteiger partial charge in [0, 0.05) is 12.5 Å². The molecule has 4 aliphatic carbocycles. The van der Waals surface area contributed by atoms with Crippen molar-refractivity contribution in [3.63, 3.8) is 0 Å². The van der Waals surface area contributed by atoms with Crippen LogP contribution in [0.1, 0.15) is 112 Å². The number of aliphatic hydroxyl groups excluding tert-OH is 2. The van der Waals surface area contributed by atoms with E-state index < -0.39 is 5.97 Å². The molecule has 37 heavy (non-hydrogen) atoms. The first-order valence-corrected chi connectivity index (χ1v) is 15.3. The van der Waals surface area contributed by atoms with Crippen LogP contribution in [0.3, 0.4) is 0 Å². The molecular weight excluding hydrogens is 466 g/mol. The van der Waals surface area contributed by atoms with E-state index in [1.807, 2.05) is 13.8 Å². The summed E-state index contributed by atoms with van der Waals surface area (Å²) in [6, 6.07) is -0.312. The molecule has 4 saturated carbocycles. The van der Waals surface area contributed by atoms with Gasteiger partial charge in [-0.3, -0.25) is 9.59 Å². The van der Waals surface area contributed by atoms with Gasteiger partial charge < -0.3 is 20.6 Å². The second-order valence-corrected chi connectivity index (χ2v) is 14.1. The predicted molar refractivity (Wildman–Crippen MR) is 145 cm³/mol. The number of hydrogen-bond acceptors (Lipinski definition) is 4. The number of fused-ring (bicyclic) bond motifs is 5. The number of carbonyl (C=O) groups excluding carboxylic acids is 1. The topological polar surface area (TPSA) is 107 Å². The van der Waals surface area contributed by atoms with E-state index in [0.29, 0.717) is 41.9 Å². The highest BCUT2D eigenvalue weighted by Gasteiger charge is 2.62. The van der Waals surface area contributed by atoms with E-state index in [9.17, 15) is 24.9 Å². The molecule has 0 aromatic rings. The van der Waals surface area contributed by atoms with Crippen molar-refractivity contribution in [3.05, 3.63) is 0 Å². The smallest absolute Gasteiger partial charge is 0.305 e. The highest BCUT2D eigenvalue weighted by atomic mass is 16.4. The van der Waals surface area contributed by atoms with Gasteiger partial charge in [-0.2, -0.15) is 0 Å². The summed E-state index contributed by atoms with van der Waals surface area (Å²) in [4.78, 5) is 24.1. The van der Waals surface area contributed by atoms with E-state index in [2.05, 4.69) is 26.1 Å². The van der Waals surface area contributed by atoms with E-state index in [-0.39, 0.29) is 47.3 Å². The number of carboxylic acid groups (broad SMARTS) is 1. The number of carbonyl (C=O) groups is 2. The summed E-state index contributed by atoms with van der Waals surface area (Å²) in [6.07, 6.45) is 10.0. The van der Waals surface area contributed by atoms with Crippen molar-refractivity contribution in [2.45, 2.75) is 130 Å². The SMILES string of the molecule is CCC(C)C(CC(=O)O)NC(=O)CC[C@@H](C)[C@H]1CC[C@H]2[C@@H]3[C@@H](O)C[C@@H]4C[C@H](O)CC[C@]4(C)[C@H]3CC[C@]12C. The number of aliphatic hydroxyl groups is 2. The Hall–Kier alpha value is -1.14. The fourth-order valence-electron chi connectivity index (χ4n) is 9.88. The van der Waals surface area contributed by atoms with Gasteiger partial charge in [-0.05, 0) is 110 Å². The molecule has 4 N–H and O–H groups in total. The van der Waals surface area contributed by atoms with E-state index in [4.69, 9.17) is 0 Å². The lowest BCUT2D eigenvalue weighted by Crippen LogP contribution is -2.58. The van der Waals surface area contributed by atoms with E-state index in [0.717, 1.165) is 38.5 Å². The van der Waals surface area contributed by atoms with Gasteiger partial charge in [-0.15, -0.1) is 0 Å². The zero-order valence-corrected chi connectivity index (χ0v) is 23.9. The van der Waals surface area contributed by atoms with Crippen LogP contribution in [0.4, 0.5) is 0 Å². The van der Waals surface area contributed by atoms with Crippen molar-refractivity contribution in [2.75, 3.05) is 0 Å². The van der Waals surface area contributed by atoms with Crippen molar-refractivity contribution in [2.24, 2.45) is 52.3 Å². The van der Waals surface area contributed by atoms with Crippen LogP contribution in [0, 0.1) is 52.3 Å². The van der Waals surface area contributed by atoms with Gasteiger partial charge in [0.2, 0.25) is 5.91 Å². The van der Waals surface area contributed by atoms with Crippen LogP contribution in [0.2, 0.25) is 0 Å². The summed E-state index contributed by atoms with van der Waals surface area (Å²) in [5, 5.41) is 34.0. The first-order chi connectivity index (χ1) is 17.4. The normalized spacial score (nSPS) is 43.6. The second-order valence-electron chi connectivity index (χ2n) is 14.1. The predicted octanol–water partition coefficient (Wildman–Crippen LogP) is 5.40. The first-order valence-electron chi connectivity index (χ1n) is 15.3. The Morgan fingerprint density at radius 3 is 2.32 bits per heavy atom. The molecule has 0 aromatic heterocycles. The highest BCUT2D eigenvalue weighted by Crippen LogP contribution is 2.68. The molecule has 4 aliphatic rings. The highest BCUT2D eigenvalue weighted by molar-refractivity contribution is 5.77. The Morgan fingerprint density at radius 2 is 1.65 bits per heavy atom. The van der Waals surface area contributed by atoms with Crippen LogP contribution < -0.4 is 5.32 Å². The maximum absolute atomic E-state index is 12.8. The van der Waals surface area contributed by atoms with Crippen molar-refractivity contribution in [1.82, 2.24) is 5.32 Å². The van der Waals surface area contributed by atoms with Crippen LogP contribution >= 0.6 is 0 Å². The van der Waals surface area contributed by atoms with Crippen LogP contribution in [-0.2, 0) is 9.59 Å². The van der Waals surface area contributed by atoms with Gasteiger partial charge in [0.25, 0.3) is 0 Å². The molecule has 6 heteroatoms. The summed E-state index contributed by atoms with van der Waals surface area (Å²) in [7, 11) is 0. The van der Waals surface area contributed by atoms with Gasteiger partial charge in [0.05, 0.1) is 18.6 Å². The average molecular weight is 520 g/mol. The van der Waals surface area contributed by atoms with Crippen molar-refractivity contribution < 1.29 is 24.9 Å². The summed E-state index contributed by atoms with van der Waals surface area (Å²) >= 11 is 0. The van der Waals surface area contributed by atoms with Gasteiger partial charge in [-0.1, -0.05) is 41.0 Å². The molecule has 1 amide bonds. The lowest BCUT2D eigenvalue weighted by Gasteiger charge is -2.62. The number of rotatable bonds is 9. The fourth-order valence-corrected chi connectivity index (χ4v) is 9.88. The molecule has 4 fully saturated rings. The summed E-state index contributed by atoms with van der Waals surface area (Å²) in [5.41, 5.74) is 0.451. The number of aliphatic carboxylic acids is 1. The van der Waals surface area contributed by atoms with Crippen LogP contribution in [-0.4, -0.2) is 45.4 Å². The maximum atomic E-state index is 12.8. The molecule has 0 radical (unpaired) electrons. The van der Waals surface area contributed by atoms with Crippen molar-refractivity contribution >= 4 is 11.9 Å². The van der Waals surface area contributed by atoms with Gasteiger partial charge in [-0.25, -0.2) is 0 Å². The van der Waals surface area contributed by atoms with Crippen LogP contribution in [0.5, 0.6) is 0 Å². The van der Waals surface area contributed by atoms with E-state index in [1.165, 1.54) is 25.7 Å². The maximum Gasteiger partial charge on any atom is 0.305 e. The Labute approximate surface area is 224 Å². The molecule has 0 aliphatic heterocycles. The van der Waals surface area contributed by atoms with Crippen molar-refractivity contribution in [1.29, 1.82) is 0 Å². The minimum Gasteiger partial charge on any atom is -0.481 e. The third-order valence-corrected chi connectivity index (χ3v) is 12.3. The number of amides is 1. The standard InChI is InChI=1S/C31H53NO5/c1-6-18(2)25(17-28(36)37)32-27(35)10-7-19(3)22-8-9-23-29-24(12-14-31(22,23)5)30(4)13-11-21(33)15-20(30)16-26(29)34/h18-26,29,33-34H,6-17H2,1-5H3,(H,32,35)(H,36,37)/t18?,19-,20+,21-,22-,23+,24+,25?,26+,29+,30+,31-/m1/s1. The Kier molecular flexibility index (Phi) is 8.70. The van der Waals surface area contributed by atoms with E-state index in [1.54, 1.807) is 0 Å². The molecule has 6 nitrogen and oxygen atoms in total. The molecular formula is C31H53NO5. The molecule has 0 heterocycles. The number of hydrogen-bond donors (Lipinski definition) is 4. The minimum absolute atomic E-state index is 0.0250. The molecule has 2 unspecified atom stereocenters. The fraction of sp³-hybridized carbons (Fsp3) is 0.935. The zero-order valence-electron chi connectivity index (χ0n) is 23.9. The van der Waals surface area contributed by atoms with Crippen molar-refractivity contribution in [3.8, 4) is 0 Å². The first kappa shape index (κ1) is 28.9. The van der Waals surface area contributed by atoms with Gasteiger partial charge in [0.1, 0.15) is 0 Å². The molecule has 0 aromatic carbocycles. The Morgan fingerprint density at radius 1 is 0.973 bits per heavy atom. The molecule has 212 valence electrons. The Bertz CT molecular complexity index is 832. The molecule has 4 rings (SSSR count). The largest absolute Gasteiger partial charge is 0.481 e. The molecule has 0 saturated heterocycles. The van der Waals surface area contributed by atoms with Crippen LogP contribution in [0.15, 0.2) is 0 Å². The second kappa shape index (κ2) is 11.2. The molecule has 0 spiro atoms. The summed E-state index contributed by atoms with van der Waals surface area (Å²) in [5.74, 6) is 2.12. The number of carboxylic acids is 1. The average Bonchev–Trinajstić information content (AvgIpc) is 3.19.